The largest absolute Gasteiger partial charge is 0.545 e. The Morgan fingerprint density at radius 1 is 0.413 bits per heavy atom. The van der Waals surface area contributed by atoms with Crippen molar-refractivity contribution in [1.29, 1.82) is 0 Å². The molecule has 9 heteroatoms. The zero-order chi connectivity index (χ0) is 54.8. The van der Waals surface area contributed by atoms with E-state index < -0.39 is 24.3 Å². The summed E-state index contributed by atoms with van der Waals surface area (Å²) in [4.78, 5) is 37.3. The van der Waals surface area contributed by atoms with Crippen LogP contribution in [0, 0.1) is 0 Å². The second-order valence-electron chi connectivity index (χ2n) is 21.3. The summed E-state index contributed by atoms with van der Waals surface area (Å²) in [6.07, 6.45) is 73.1. The molecule has 75 heavy (non-hydrogen) atoms. The Bertz CT molecular complexity index is 1550. The number of carboxylic acid groups (broad SMARTS) is 1. The first-order chi connectivity index (χ1) is 36.6. The van der Waals surface area contributed by atoms with Gasteiger partial charge in [0.05, 0.1) is 40.3 Å². The topological polar surface area (TPSA) is 111 Å². The number of allylic oxidation sites excluding steroid dienone is 16. The first-order valence-corrected chi connectivity index (χ1v) is 30.4. The van der Waals surface area contributed by atoms with Crippen LogP contribution in [0.3, 0.4) is 0 Å². The zero-order valence-corrected chi connectivity index (χ0v) is 48.9. The highest BCUT2D eigenvalue weighted by molar-refractivity contribution is 5.70. The highest BCUT2D eigenvalue weighted by atomic mass is 16.7. The van der Waals surface area contributed by atoms with Crippen LogP contribution in [0.2, 0.25) is 0 Å². The lowest BCUT2D eigenvalue weighted by Gasteiger charge is -2.26. The molecule has 0 amide bonds. The minimum absolute atomic E-state index is 0.142. The number of unbranched alkanes of at least 4 members (excludes halogenated alkanes) is 24. The fourth-order valence-corrected chi connectivity index (χ4v) is 8.16. The van der Waals surface area contributed by atoms with Crippen LogP contribution in [0.25, 0.3) is 0 Å². The number of ether oxygens (including phenoxy) is 4. The van der Waals surface area contributed by atoms with E-state index in [-0.39, 0.29) is 38.6 Å². The van der Waals surface area contributed by atoms with Crippen LogP contribution < -0.4 is 5.11 Å². The van der Waals surface area contributed by atoms with Gasteiger partial charge in [-0.15, -0.1) is 0 Å². The summed E-state index contributed by atoms with van der Waals surface area (Å²) in [5.74, 6) is -2.30. The number of carbonyl (C=O) groups is 3. The van der Waals surface area contributed by atoms with Crippen molar-refractivity contribution in [2.75, 3.05) is 47.5 Å². The van der Waals surface area contributed by atoms with Gasteiger partial charge in [0, 0.05) is 12.8 Å². The maximum atomic E-state index is 12.9. The third kappa shape index (κ3) is 57.7. The molecule has 0 aromatic carbocycles. The highest BCUT2D eigenvalue weighted by Crippen LogP contribution is 2.16. The molecular weight excluding hydrogens is 935 g/mol. The maximum Gasteiger partial charge on any atom is 0.306 e. The van der Waals surface area contributed by atoms with Crippen molar-refractivity contribution in [1.82, 2.24) is 0 Å². The predicted octanol–water partition coefficient (Wildman–Crippen LogP) is 16.8. The Morgan fingerprint density at radius 2 is 0.760 bits per heavy atom. The molecule has 430 valence electrons. The highest BCUT2D eigenvalue weighted by Gasteiger charge is 2.22. The van der Waals surface area contributed by atoms with Crippen LogP contribution in [-0.4, -0.2) is 82.3 Å². The van der Waals surface area contributed by atoms with Crippen molar-refractivity contribution in [3.05, 3.63) is 97.2 Å². The second-order valence-corrected chi connectivity index (χ2v) is 21.3. The van der Waals surface area contributed by atoms with E-state index in [1.54, 1.807) is 0 Å². The lowest BCUT2D eigenvalue weighted by molar-refractivity contribution is -0.870. The molecule has 0 radical (unpaired) electrons. The number of quaternary nitrogens is 1. The first-order valence-electron chi connectivity index (χ1n) is 30.4. The maximum absolute atomic E-state index is 12.9. The third-order valence-electron chi connectivity index (χ3n) is 12.8. The summed E-state index contributed by atoms with van der Waals surface area (Å²) in [5.41, 5.74) is 0. The number of nitrogens with zero attached hydrogens (tertiary/aromatic N) is 1. The normalized spacial score (nSPS) is 13.5. The number of rotatable bonds is 55. The fourth-order valence-electron chi connectivity index (χ4n) is 8.16. The molecule has 0 heterocycles. The van der Waals surface area contributed by atoms with Gasteiger partial charge in [-0.1, -0.05) is 233 Å². The Morgan fingerprint density at radius 3 is 1.13 bits per heavy atom. The molecule has 0 aliphatic carbocycles. The number of carboxylic acids is 1. The minimum Gasteiger partial charge on any atom is -0.545 e. The van der Waals surface area contributed by atoms with Crippen molar-refractivity contribution >= 4 is 17.9 Å². The number of esters is 2. The Labute approximate surface area is 461 Å². The van der Waals surface area contributed by atoms with Crippen LogP contribution in [0.5, 0.6) is 0 Å². The van der Waals surface area contributed by atoms with Gasteiger partial charge in [0.1, 0.15) is 13.2 Å². The van der Waals surface area contributed by atoms with Crippen molar-refractivity contribution in [2.24, 2.45) is 0 Å². The average Bonchev–Trinajstić information content (AvgIpc) is 3.38. The van der Waals surface area contributed by atoms with E-state index in [0.717, 1.165) is 96.3 Å². The SMILES string of the molecule is CC/C=C\C/C=C\C/C=C\C/C=C\C/C=C\CCCCCCCCCCCCCCCCCC(=O)OC(COC(=O)CCCCCCCC/C=C\C/C=C\C/C=C\CCCCC)COC(OCC[N+](C)(C)C)C(=O)[O-]. The van der Waals surface area contributed by atoms with Gasteiger partial charge in [0.2, 0.25) is 0 Å². The molecule has 0 rings (SSSR count). The number of aliphatic carboxylic acids is 1. The number of likely N-dealkylation sites (N-methyl/N-ethyl adjacent to an activating group) is 1. The van der Waals surface area contributed by atoms with Crippen LogP contribution in [-0.2, 0) is 33.3 Å². The van der Waals surface area contributed by atoms with Crippen LogP contribution >= 0.6 is 0 Å². The number of hydrogen-bond donors (Lipinski definition) is 0. The van der Waals surface area contributed by atoms with Gasteiger partial charge in [-0.25, -0.2) is 0 Å². The quantitative estimate of drug-likeness (QED) is 0.0195. The molecule has 0 bridgehead atoms. The summed E-state index contributed by atoms with van der Waals surface area (Å²) in [6.45, 7) is 4.60. The molecule has 2 unspecified atom stereocenters. The lowest BCUT2D eigenvalue weighted by Crippen LogP contribution is -2.44. The van der Waals surface area contributed by atoms with Crippen LogP contribution in [0.1, 0.15) is 245 Å². The summed E-state index contributed by atoms with van der Waals surface area (Å²) < 4.78 is 22.7. The molecule has 0 aliphatic heterocycles. The van der Waals surface area contributed by atoms with Gasteiger partial charge in [-0.3, -0.25) is 9.59 Å². The summed E-state index contributed by atoms with van der Waals surface area (Å²) in [7, 11) is 5.92. The standard InChI is InChI=1S/C66H113NO8/c1-6-8-10-12-14-16-18-20-22-24-26-27-28-29-30-31-32-33-34-35-36-37-39-41-43-45-47-49-51-53-55-57-64(69)75-62(61-74-66(65(70)71)72-59-58-67(3,4)5)60-73-63(68)56-54-52-50-48-46-44-42-40-38-25-23-21-19-17-15-13-11-9-7-2/h8,10,14-17,20-23,26-27,29-30,38,40,62,66H,6-7,9,11-13,18-19,24-25,28,31-37,39,41-61H2,1-5H3/b10-8-,16-14-,17-15-,22-20-,23-21-,27-26-,30-29-,40-38-. The van der Waals surface area contributed by atoms with E-state index >= 15 is 0 Å². The fraction of sp³-hybridized carbons (Fsp3) is 0.712. The van der Waals surface area contributed by atoms with Gasteiger partial charge in [-0.05, 0) is 96.3 Å². The van der Waals surface area contributed by atoms with Gasteiger partial charge in [0.25, 0.3) is 0 Å². The van der Waals surface area contributed by atoms with Gasteiger partial charge < -0.3 is 33.3 Å². The minimum atomic E-state index is -1.63. The number of hydrogen-bond acceptors (Lipinski definition) is 8. The lowest BCUT2D eigenvalue weighted by atomic mass is 10.0. The van der Waals surface area contributed by atoms with E-state index in [1.165, 1.54) is 116 Å². The van der Waals surface area contributed by atoms with Gasteiger partial charge >= 0.3 is 11.9 Å². The van der Waals surface area contributed by atoms with Crippen molar-refractivity contribution in [3.63, 3.8) is 0 Å². The van der Waals surface area contributed by atoms with Crippen molar-refractivity contribution in [3.8, 4) is 0 Å². The molecule has 2 atom stereocenters. The van der Waals surface area contributed by atoms with Crippen LogP contribution in [0.15, 0.2) is 97.2 Å². The number of carbonyl (C=O) groups excluding carboxylic acids is 3. The monoisotopic (exact) mass is 1050 g/mol. The smallest absolute Gasteiger partial charge is 0.306 e. The van der Waals surface area contributed by atoms with Gasteiger partial charge in [-0.2, -0.15) is 0 Å². The van der Waals surface area contributed by atoms with Crippen molar-refractivity contribution < 1.29 is 42.9 Å². The molecule has 0 aromatic heterocycles. The zero-order valence-electron chi connectivity index (χ0n) is 48.9. The molecule has 0 saturated carbocycles. The summed E-state index contributed by atoms with van der Waals surface area (Å²) in [6, 6.07) is 0. The Kier molecular flexibility index (Phi) is 53.6. The molecule has 0 spiro atoms. The Hall–Kier alpha value is -3.79. The molecular formula is C66H113NO8. The molecule has 0 fully saturated rings. The molecule has 9 nitrogen and oxygen atoms in total. The molecule has 0 saturated heterocycles. The van der Waals surface area contributed by atoms with Crippen LogP contribution in [0.4, 0.5) is 0 Å². The summed E-state index contributed by atoms with van der Waals surface area (Å²) >= 11 is 0. The van der Waals surface area contributed by atoms with Crippen molar-refractivity contribution in [2.45, 2.75) is 257 Å². The molecule has 0 aromatic rings. The Balaban J connectivity index is 4.20. The third-order valence-corrected chi connectivity index (χ3v) is 12.8. The van der Waals surface area contributed by atoms with E-state index in [0.29, 0.717) is 17.4 Å². The molecule has 0 N–H and O–H groups in total. The van der Waals surface area contributed by atoms with E-state index in [4.69, 9.17) is 18.9 Å². The first kappa shape index (κ1) is 71.2. The van der Waals surface area contributed by atoms with E-state index in [9.17, 15) is 19.5 Å². The molecule has 0 aliphatic rings. The second kappa shape index (κ2) is 56.4. The van der Waals surface area contributed by atoms with E-state index in [1.807, 2.05) is 21.1 Å². The van der Waals surface area contributed by atoms with E-state index in [2.05, 4.69) is 111 Å². The van der Waals surface area contributed by atoms with Gasteiger partial charge in [0.15, 0.2) is 12.4 Å². The average molecular weight is 1050 g/mol. The summed E-state index contributed by atoms with van der Waals surface area (Å²) in [5, 5.41) is 11.8. The predicted molar refractivity (Wildman–Crippen MR) is 315 cm³/mol.